The third kappa shape index (κ3) is 3.23. The quantitative estimate of drug-likeness (QED) is 0.828. The number of nitrogens with one attached hydrogen (secondary N) is 2. The van der Waals surface area contributed by atoms with Gasteiger partial charge in [0.05, 0.1) is 12.2 Å². The lowest BCUT2D eigenvalue weighted by atomic mass is 10.1. The Labute approximate surface area is 108 Å². The van der Waals surface area contributed by atoms with E-state index in [0.29, 0.717) is 23.8 Å². The molecule has 1 heterocycles. The Kier molecular flexibility index (Phi) is 4.59. The minimum absolute atomic E-state index is 0.0500. The highest BCUT2D eigenvalue weighted by Crippen LogP contribution is 2.17. The molecule has 1 saturated heterocycles. The largest absolute Gasteiger partial charge is 0.493 e. The van der Waals surface area contributed by atoms with Crippen molar-refractivity contribution in [3.63, 3.8) is 0 Å². The van der Waals surface area contributed by atoms with Gasteiger partial charge in [-0.2, -0.15) is 0 Å². The van der Waals surface area contributed by atoms with Crippen LogP contribution in [0.15, 0.2) is 24.3 Å². The minimum Gasteiger partial charge on any atom is -0.493 e. The molecule has 18 heavy (non-hydrogen) atoms. The molecule has 1 unspecified atom stereocenters. The second-order valence-corrected chi connectivity index (χ2v) is 4.50. The van der Waals surface area contributed by atoms with Crippen LogP contribution in [0.25, 0.3) is 0 Å². The fourth-order valence-corrected chi connectivity index (χ4v) is 2.16. The number of carbonyl (C=O) groups excluding carboxylic acids is 1. The van der Waals surface area contributed by atoms with Crippen LogP contribution in [0.2, 0.25) is 0 Å². The van der Waals surface area contributed by atoms with E-state index in [-0.39, 0.29) is 5.91 Å². The Hall–Kier alpha value is -1.55. The molecule has 4 nitrogen and oxygen atoms in total. The molecule has 0 aromatic heterocycles. The normalized spacial score (nSPS) is 18.6. The Morgan fingerprint density at radius 1 is 1.50 bits per heavy atom. The number of hydrogen-bond acceptors (Lipinski definition) is 3. The van der Waals surface area contributed by atoms with Crippen molar-refractivity contribution in [2.75, 3.05) is 26.2 Å². The van der Waals surface area contributed by atoms with Crippen molar-refractivity contribution in [2.24, 2.45) is 5.92 Å². The molecule has 1 aromatic carbocycles. The highest BCUT2D eigenvalue weighted by molar-refractivity contribution is 5.96. The van der Waals surface area contributed by atoms with Crippen molar-refractivity contribution in [3.05, 3.63) is 29.8 Å². The van der Waals surface area contributed by atoms with Crippen LogP contribution in [0.5, 0.6) is 5.75 Å². The molecule has 98 valence electrons. The molecule has 0 saturated carbocycles. The highest BCUT2D eigenvalue weighted by atomic mass is 16.5. The van der Waals surface area contributed by atoms with E-state index in [4.69, 9.17) is 4.74 Å². The Bertz CT molecular complexity index is 401. The maximum absolute atomic E-state index is 12.1. The Balaban J connectivity index is 1.94. The summed E-state index contributed by atoms with van der Waals surface area (Å²) in [5, 5.41) is 6.27. The summed E-state index contributed by atoms with van der Waals surface area (Å²) in [5.74, 6) is 1.15. The lowest BCUT2D eigenvalue weighted by Crippen LogP contribution is -2.30. The van der Waals surface area contributed by atoms with Gasteiger partial charge in [0.25, 0.3) is 5.91 Å². The van der Waals surface area contributed by atoms with Crippen LogP contribution in [-0.4, -0.2) is 32.1 Å². The fourth-order valence-electron chi connectivity index (χ4n) is 2.16. The van der Waals surface area contributed by atoms with E-state index in [1.807, 2.05) is 25.1 Å². The second-order valence-electron chi connectivity index (χ2n) is 4.50. The Morgan fingerprint density at radius 2 is 2.33 bits per heavy atom. The molecule has 1 atom stereocenters. The zero-order valence-electron chi connectivity index (χ0n) is 10.7. The van der Waals surface area contributed by atoms with Gasteiger partial charge >= 0.3 is 0 Å². The van der Waals surface area contributed by atoms with Gasteiger partial charge in [-0.05, 0) is 44.5 Å². The van der Waals surface area contributed by atoms with Crippen LogP contribution >= 0.6 is 0 Å². The van der Waals surface area contributed by atoms with Crippen molar-refractivity contribution in [1.82, 2.24) is 10.6 Å². The number of ether oxygens (including phenoxy) is 1. The van der Waals surface area contributed by atoms with E-state index in [0.717, 1.165) is 26.1 Å². The van der Waals surface area contributed by atoms with Crippen LogP contribution < -0.4 is 15.4 Å². The van der Waals surface area contributed by atoms with E-state index in [2.05, 4.69) is 10.6 Å². The zero-order chi connectivity index (χ0) is 12.8. The number of rotatable bonds is 5. The second kappa shape index (κ2) is 6.40. The van der Waals surface area contributed by atoms with Gasteiger partial charge in [-0.1, -0.05) is 12.1 Å². The summed E-state index contributed by atoms with van der Waals surface area (Å²) in [6, 6.07) is 7.36. The van der Waals surface area contributed by atoms with Crippen LogP contribution in [0.1, 0.15) is 23.7 Å². The van der Waals surface area contributed by atoms with Crippen LogP contribution in [0, 0.1) is 5.92 Å². The standard InChI is InChI=1S/C14H20N2O2/c1-2-18-13-6-4-3-5-12(13)14(17)16-10-11-7-8-15-9-11/h3-6,11,15H,2,7-10H2,1H3,(H,16,17). The van der Waals surface area contributed by atoms with E-state index in [1.54, 1.807) is 6.07 Å². The topological polar surface area (TPSA) is 50.4 Å². The Morgan fingerprint density at radius 3 is 3.06 bits per heavy atom. The van der Waals surface area contributed by atoms with Crippen molar-refractivity contribution < 1.29 is 9.53 Å². The van der Waals surface area contributed by atoms with Crippen LogP contribution in [-0.2, 0) is 0 Å². The third-order valence-electron chi connectivity index (χ3n) is 3.15. The SMILES string of the molecule is CCOc1ccccc1C(=O)NCC1CCNC1. The van der Waals surface area contributed by atoms with E-state index >= 15 is 0 Å². The molecule has 1 aromatic rings. The van der Waals surface area contributed by atoms with Crippen LogP contribution in [0.4, 0.5) is 0 Å². The average molecular weight is 248 g/mol. The molecule has 1 amide bonds. The van der Waals surface area contributed by atoms with Gasteiger partial charge in [0.1, 0.15) is 5.75 Å². The first-order valence-electron chi connectivity index (χ1n) is 6.52. The number of hydrogen-bond donors (Lipinski definition) is 2. The van der Waals surface area contributed by atoms with Gasteiger partial charge in [0, 0.05) is 6.54 Å². The van der Waals surface area contributed by atoms with Gasteiger partial charge in [-0.3, -0.25) is 4.79 Å². The van der Waals surface area contributed by atoms with Crippen molar-refractivity contribution in [1.29, 1.82) is 0 Å². The monoisotopic (exact) mass is 248 g/mol. The molecule has 0 radical (unpaired) electrons. The molecule has 4 heteroatoms. The molecule has 1 aliphatic rings. The van der Waals surface area contributed by atoms with Gasteiger partial charge in [0.2, 0.25) is 0 Å². The number of benzene rings is 1. The first-order chi connectivity index (χ1) is 8.81. The number of amides is 1. The first kappa shape index (κ1) is 12.9. The van der Waals surface area contributed by atoms with E-state index in [1.165, 1.54) is 0 Å². The van der Waals surface area contributed by atoms with E-state index in [9.17, 15) is 4.79 Å². The molecule has 1 aliphatic heterocycles. The molecule has 2 rings (SSSR count). The summed E-state index contributed by atoms with van der Waals surface area (Å²) >= 11 is 0. The summed E-state index contributed by atoms with van der Waals surface area (Å²) in [6.07, 6.45) is 1.13. The maximum Gasteiger partial charge on any atom is 0.255 e. The highest BCUT2D eigenvalue weighted by Gasteiger charge is 2.17. The lowest BCUT2D eigenvalue weighted by molar-refractivity contribution is 0.0944. The summed E-state index contributed by atoms with van der Waals surface area (Å²) in [4.78, 5) is 12.1. The zero-order valence-corrected chi connectivity index (χ0v) is 10.7. The summed E-state index contributed by atoms with van der Waals surface area (Å²) in [6.45, 7) is 5.26. The molecule has 2 N–H and O–H groups in total. The van der Waals surface area contributed by atoms with Crippen molar-refractivity contribution in [3.8, 4) is 5.75 Å². The molecule has 1 fully saturated rings. The third-order valence-corrected chi connectivity index (χ3v) is 3.15. The maximum atomic E-state index is 12.1. The predicted molar refractivity (Wildman–Crippen MR) is 70.9 cm³/mol. The first-order valence-corrected chi connectivity index (χ1v) is 6.52. The average Bonchev–Trinajstić information content (AvgIpc) is 2.90. The van der Waals surface area contributed by atoms with E-state index < -0.39 is 0 Å². The van der Waals surface area contributed by atoms with Crippen molar-refractivity contribution in [2.45, 2.75) is 13.3 Å². The molecular formula is C14H20N2O2. The number of carbonyl (C=O) groups is 1. The summed E-state index contributed by atoms with van der Waals surface area (Å²) in [5.41, 5.74) is 0.616. The fraction of sp³-hybridized carbons (Fsp3) is 0.500. The smallest absolute Gasteiger partial charge is 0.255 e. The van der Waals surface area contributed by atoms with Crippen molar-refractivity contribution >= 4 is 5.91 Å². The van der Waals surface area contributed by atoms with Gasteiger partial charge in [-0.25, -0.2) is 0 Å². The molecular weight excluding hydrogens is 228 g/mol. The van der Waals surface area contributed by atoms with Gasteiger partial charge in [-0.15, -0.1) is 0 Å². The number of para-hydroxylation sites is 1. The summed E-state index contributed by atoms with van der Waals surface area (Å²) in [7, 11) is 0. The lowest BCUT2D eigenvalue weighted by Gasteiger charge is -2.12. The predicted octanol–water partition coefficient (Wildman–Crippen LogP) is 1.42. The molecule has 0 spiro atoms. The minimum atomic E-state index is -0.0500. The summed E-state index contributed by atoms with van der Waals surface area (Å²) < 4.78 is 5.46. The van der Waals surface area contributed by atoms with Crippen LogP contribution in [0.3, 0.4) is 0 Å². The molecule has 0 bridgehead atoms. The molecule has 0 aliphatic carbocycles. The van der Waals surface area contributed by atoms with Gasteiger partial charge in [0.15, 0.2) is 0 Å². The van der Waals surface area contributed by atoms with Gasteiger partial charge < -0.3 is 15.4 Å².